The van der Waals surface area contributed by atoms with Crippen molar-refractivity contribution in [1.29, 1.82) is 0 Å². The second-order valence-corrected chi connectivity index (χ2v) is 5.08. The number of nitrogens with one attached hydrogen (secondary N) is 1. The summed E-state index contributed by atoms with van der Waals surface area (Å²) in [5.41, 5.74) is 0. The van der Waals surface area contributed by atoms with Gasteiger partial charge in [0.05, 0.1) is 19.2 Å². The van der Waals surface area contributed by atoms with Crippen LogP contribution in [0, 0.1) is 0 Å². The summed E-state index contributed by atoms with van der Waals surface area (Å²) in [7, 11) is 4.05. The van der Waals surface area contributed by atoms with Crippen molar-refractivity contribution in [2.75, 3.05) is 27.2 Å². The Morgan fingerprint density at radius 2 is 2.17 bits per heavy atom. The van der Waals surface area contributed by atoms with Gasteiger partial charge in [0.15, 0.2) is 0 Å². The molecule has 1 aromatic heterocycles. The van der Waals surface area contributed by atoms with Crippen molar-refractivity contribution in [1.82, 2.24) is 10.2 Å². The van der Waals surface area contributed by atoms with E-state index in [0.29, 0.717) is 6.10 Å². The lowest BCUT2D eigenvalue weighted by Gasteiger charge is -2.26. The van der Waals surface area contributed by atoms with E-state index in [-0.39, 0.29) is 0 Å². The summed E-state index contributed by atoms with van der Waals surface area (Å²) in [5, 5.41) is 3.09. The van der Waals surface area contributed by atoms with Crippen molar-refractivity contribution < 1.29 is 9.15 Å². The lowest BCUT2D eigenvalue weighted by Crippen LogP contribution is -2.32. The second-order valence-electron chi connectivity index (χ2n) is 5.08. The van der Waals surface area contributed by atoms with Gasteiger partial charge in [-0.25, -0.2) is 0 Å². The smallest absolute Gasteiger partial charge is 0.118 e. The third-order valence-electron chi connectivity index (χ3n) is 3.28. The molecular formula is C14H24N2O2. The van der Waals surface area contributed by atoms with Crippen LogP contribution in [0.2, 0.25) is 0 Å². The Morgan fingerprint density at radius 3 is 2.89 bits per heavy atom. The van der Waals surface area contributed by atoms with Crippen LogP contribution in [0.4, 0.5) is 0 Å². The maximum Gasteiger partial charge on any atom is 0.118 e. The third kappa shape index (κ3) is 4.12. The summed E-state index contributed by atoms with van der Waals surface area (Å²) in [5.74, 6) is 2.02. The molecule has 18 heavy (non-hydrogen) atoms. The molecule has 0 bridgehead atoms. The van der Waals surface area contributed by atoms with E-state index in [0.717, 1.165) is 37.8 Å². The molecule has 0 aliphatic carbocycles. The molecule has 2 heterocycles. The molecule has 4 nitrogen and oxygen atoms in total. The molecular weight excluding hydrogens is 228 g/mol. The van der Waals surface area contributed by atoms with Gasteiger partial charge in [-0.05, 0) is 45.5 Å². The summed E-state index contributed by atoms with van der Waals surface area (Å²) in [6.45, 7) is 3.55. The highest BCUT2D eigenvalue weighted by Gasteiger charge is 2.16. The Kier molecular flexibility index (Phi) is 5.23. The SMILES string of the molecule is CNCc1ccc(CN(C)CC2CCCCO2)o1. The fraction of sp³-hybridized carbons (Fsp3) is 0.714. The summed E-state index contributed by atoms with van der Waals surface area (Å²) in [4.78, 5) is 2.28. The number of furan rings is 1. The van der Waals surface area contributed by atoms with Gasteiger partial charge in [-0.1, -0.05) is 0 Å². The van der Waals surface area contributed by atoms with E-state index in [4.69, 9.17) is 9.15 Å². The normalized spacial score (nSPS) is 20.5. The molecule has 0 amide bonds. The van der Waals surface area contributed by atoms with Gasteiger partial charge in [0, 0.05) is 13.2 Å². The predicted octanol–water partition coefficient (Wildman–Crippen LogP) is 2.00. The van der Waals surface area contributed by atoms with E-state index in [1.54, 1.807) is 0 Å². The van der Waals surface area contributed by atoms with E-state index in [1.807, 2.05) is 13.1 Å². The molecule has 1 fully saturated rings. The third-order valence-corrected chi connectivity index (χ3v) is 3.28. The predicted molar refractivity (Wildman–Crippen MR) is 71.4 cm³/mol. The van der Waals surface area contributed by atoms with Gasteiger partial charge >= 0.3 is 0 Å². The van der Waals surface area contributed by atoms with Crippen molar-refractivity contribution in [2.24, 2.45) is 0 Å². The van der Waals surface area contributed by atoms with Crippen LogP contribution in [-0.2, 0) is 17.8 Å². The second kappa shape index (κ2) is 6.92. The first-order chi connectivity index (χ1) is 8.78. The van der Waals surface area contributed by atoms with Crippen LogP contribution in [0.3, 0.4) is 0 Å². The maximum atomic E-state index is 5.75. The zero-order valence-corrected chi connectivity index (χ0v) is 11.4. The number of rotatable bonds is 6. The zero-order valence-electron chi connectivity index (χ0n) is 11.4. The van der Waals surface area contributed by atoms with E-state index in [9.17, 15) is 0 Å². The first-order valence-corrected chi connectivity index (χ1v) is 6.80. The molecule has 1 unspecified atom stereocenters. The number of hydrogen-bond acceptors (Lipinski definition) is 4. The fourth-order valence-electron chi connectivity index (χ4n) is 2.41. The summed E-state index contributed by atoms with van der Waals surface area (Å²) < 4.78 is 11.5. The molecule has 1 N–H and O–H groups in total. The van der Waals surface area contributed by atoms with E-state index < -0.39 is 0 Å². The minimum atomic E-state index is 0.399. The van der Waals surface area contributed by atoms with Gasteiger partial charge in [-0.2, -0.15) is 0 Å². The van der Waals surface area contributed by atoms with Gasteiger partial charge in [-0.3, -0.25) is 4.90 Å². The highest BCUT2D eigenvalue weighted by atomic mass is 16.5. The first kappa shape index (κ1) is 13.6. The van der Waals surface area contributed by atoms with Crippen LogP contribution >= 0.6 is 0 Å². The van der Waals surface area contributed by atoms with Crippen LogP contribution in [0.5, 0.6) is 0 Å². The molecule has 1 aromatic rings. The molecule has 0 spiro atoms. The molecule has 0 saturated carbocycles. The molecule has 0 radical (unpaired) electrons. The number of ether oxygens (including phenoxy) is 1. The van der Waals surface area contributed by atoms with Gasteiger partial charge in [0.25, 0.3) is 0 Å². The number of likely N-dealkylation sites (N-methyl/N-ethyl adjacent to an activating group) is 1. The molecule has 1 aliphatic rings. The molecule has 1 atom stereocenters. The minimum absolute atomic E-state index is 0.399. The van der Waals surface area contributed by atoms with Crippen LogP contribution in [0.25, 0.3) is 0 Å². The van der Waals surface area contributed by atoms with Crippen molar-refractivity contribution in [3.63, 3.8) is 0 Å². The van der Waals surface area contributed by atoms with Crippen molar-refractivity contribution >= 4 is 0 Å². The van der Waals surface area contributed by atoms with E-state index in [2.05, 4.69) is 23.3 Å². The average Bonchev–Trinajstić information content (AvgIpc) is 2.78. The molecule has 1 aliphatic heterocycles. The standard InChI is InChI=1S/C14H24N2O2/c1-15-9-12-6-7-14(18-12)11-16(2)10-13-5-3-4-8-17-13/h6-7,13,15H,3-5,8-11H2,1-2H3. The molecule has 1 saturated heterocycles. The van der Waals surface area contributed by atoms with Crippen LogP contribution in [0.15, 0.2) is 16.5 Å². The fourth-order valence-corrected chi connectivity index (χ4v) is 2.41. The monoisotopic (exact) mass is 252 g/mol. The largest absolute Gasteiger partial charge is 0.463 e. The number of hydrogen-bond donors (Lipinski definition) is 1. The van der Waals surface area contributed by atoms with E-state index in [1.165, 1.54) is 19.3 Å². The Balaban J connectivity index is 1.76. The van der Waals surface area contributed by atoms with Crippen molar-refractivity contribution in [3.8, 4) is 0 Å². The van der Waals surface area contributed by atoms with Crippen molar-refractivity contribution in [2.45, 2.75) is 38.5 Å². The number of nitrogens with zero attached hydrogens (tertiary/aromatic N) is 1. The molecule has 0 aromatic carbocycles. The topological polar surface area (TPSA) is 37.6 Å². The maximum absolute atomic E-state index is 5.75. The Bertz CT molecular complexity index is 345. The summed E-state index contributed by atoms with van der Waals surface area (Å²) in [6.07, 6.45) is 4.10. The van der Waals surface area contributed by atoms with Crippen LogP contribution in [0.1, 0.15) is 30.8 Å². The van der Waals surface area contributed by atoms with Crippen LogP contribution < -0.4 is 5.32 Å². The molecule has 102 valence electrons. The van der Waals surface area contributed by atoms with Crippen LogP contribution in [-0.4, -0.2) is 38.3 Å². The van der Waals surface area contributed by atoms with E-state index >= 15 is 0 Å². The Morgan fingerprint density at radius 1 is 1.33 bits per heavy atom. The summed E-state index contributed by atoms with van der Waals surface area (Å²) >= 11 is 0. The molecule has 2 rings (SSSR count). The summed E-state index contributed by atoms with van der Waals surface area (Å²) in [6, 6.07) is 4.10. The Labute approximate surface area is 109 Å². The van der Waals surface area contributed by atoms with Gasteiger partial charge < -0.3 is 14.5 Å². The molecule has 4 heteroatoms. The van der Waals surface area contributed by atoms with Gasteiger partial charge in [-0.15, -0.1) is 0 Å². The van der Waals surface area contributed by atoms with Gasteiger partial charge in [0.2, 0.25) is 0 Å². The zero-order chi connectivity index (χ0) is 12.8. The highest BCUT2D eigenvalue weighted by molar-refractivity contribution is 5.06. The Hall–Kier alpha value is -0.840. The lowest BCUT2D eigenvalue weighted by molar-refractivity contribution is -0.00342. The van der Waals surface area contributed by atoms with Gasteiger partial charge in [0.1, 0.15) is 11.5 Å². The average molecular weight is 252 g/mol. The quantitative estimate of drug-likeness (QED) is 0.840. The highest BCUT2D eigenvalue weighted by Crippen LogP contribution is 2.15. The first-order valence-electron chi connectivity index (χ1n) is 6.80. The lowest BCUT2D eigenvalue weighted by atomic mass is 10.1. The van der Waals surface area contributed by atoms with Crippen molar-refractivity contribution in [3.05, 3.63) is 23.7 Å². The minimum Gasteiger partial charge on any atom is -0.463 e.